The monoisotopic (exact) mass is 1520 g/mol. The number of esters is 4. The SMILES string of the molecule is C=CCO[C@]1(C)C[C@](C)(F)C(=O)[C@@H](C)[C@H]2NC(=O)O[C@]2(C)[C@@H](CC)OC(=O)[C@H](C)C(=O)[C@H](C)[C@H]1O[C@@H]1O[C@H](C)C[C@H](N(C)C)[C@H]1OC(=O)c1ccccc1.C=CCO[C@]1(C)C[C@](C)(F)C(=O)[C@H](C)[C@H]2NC(=O)O[C@]2(C)[C@@H](CC)OC(=O)[C@H](C)C(=O)[C@H](C)[C@H]1O[C@@H]1O[C@H](C)C[C@H](N(C)C)[C@H]1OC(=O)c1ccccc1. The van der Waals surface area contributed by atoms with Crippen LogP contribution in [0.2, 0.25) is 0 Å². The van der Waals surface area contributed by atoms with E-state index in [-0.39, 0.29) is 26.1 Å². The lowest BCUT2D eigenvalue weighted by atomic mass is 9.72. The zero-order valence-electron chi connectivity index (χ0n) is 66.2. The Kier molecular flexibility index (Phi) is 29.0. The Bertz CT molecular complexity index is 3340. The summed E-state index contributed by atoms with van der Waals surface area (Å²) in [5.41, 5.74) is -11.3. The Balaban J connectivity index is 0.000000301. The van der Waals surface area contributed by atoms with Crippen molar-refractivity contribution < 1.29 is 114 Å². The van der Waals surface area contributed by atoms with Crippen LogP contribution in [0, 0.1) is 35.5 Å². The molecule has 0 saturated carbocycles. The molecule has 2 amide bonds. The number of nitrogens with one attached hydrogen (secondary N) is 2. The van der Waals surface area contributed by atoms with Crippen molar-refractivity contribution in [2.24, 2.45) is 35.5 Å². The predicted octanol–water partition coefficient (Wildman–Crippen LogP) is 9.98. The van der Waals surface area contributed by atoms with Crippen molar-refractivity contribution in [1.29, 1.82) is 0 Å². The highest BCUT2D eigenvalue weighted by molar-refractivity contribution is 6.01. The van der Waals surface area contributed by atoms with Crippen LogP contribution < -0.4 is 10.6 Å². The first-order chi connectivity index (χ1) is 50.4. The Morgan fingerprint density at radius 1 is 0.528 bits per heavy atom. The van der Waals surface area contributed by atoms with Crippen LogP contribution in [0.4, 0.5) is 18.4 Å². The van der Waals surface area contributed by atoms with Crippen molar-refractivity contribution in [2.75, 3.05) is 41.4 Å². The lowest BCUT2D eigenvalue weighted by molar-refractivity contribution is -0.297. The molecule has 0 spiro atoms. The van der Waals surface area contributed by atoms with Gasteiger partial charge in [-0.25, -0.2) is 28.0 Å². The number of nitrogens with zero attached hydrogens (tertiary/aromatic N) is 2. The van der Waals surface area contributed by atoms with Crippen molar-refractivity contribution in [3.8, 4) is 0 Å². The number of halogens is 2. The largest absolute Gasteiger partial charge is 0.458 e. The summed E-state index contributed by atoms with van der Waals surface area (Å²) < 4.78 is 109. The maximum atomic E-state index is 17.3. The van der Waals surface area contributed by atoms with E-state index in [1.807, 2.05) is 51.8 Å². The van der Waals surface area contributed by atoms with Gasteiger partial charge in [0.25, 0.3) is 0 Å². The number of rotatable bonds is 18. The number of ketones is 4. The number of likely N-dealkylation sites (N-methyl/N-ethyl adjacent to an activating group) is 2. The molecular formula is C80H114F2N4O22. The van der Waals surface area contributed by atoms with Crippen molar-refractivity contribution in [2.45, 2.75) is 269 Å². The van der Waals surface area contributed by atoms with Crippen LogP contribution in [-0.2, 0) is 85.6 Å². The fourth-order valence-corrected chi connectivity index (χ4v) is 16.6. The van der Waals surface area contributed by atoms with Gasteiger partial charge in [-0.1, -0.05) is 90.1 Å². The highest BCUT2D eigenvalue weighted by atomic mass is 19.1. The van der Waals surface area contributed by atoms with Gasteiger partial charge < -0.3 is 77.3 Å². The van der Waals surface area contributed by atoms with Gasteiger partial charge in [0.2, 0.25) is 0 Å². The van der Waals surface area contributed by atoms with Gasteiger partial charge in [-0.15, -0.1) is 13.2 Å². The molecule has 6 fully saturated rings. The fourth-order valence-electron chi connectivity index (χ4n) is 16.6. The van der Waals surface area contributed by atoms with Crippen LogP contribution in [0.3, 0.4) is 0 Å². The molecule has 600 valence electrons. The summed E-state index contributed by atoms with van der Waals surface area (Å²) >= 11 is 0. The minimum Gasteiger partial charge on any atom is -0.458 e. The molecule has 26 atom stereocenters. The van der Waals surface area contributed by atoms with Crippen molar-refractivity contribution in [3.05, 3.63) is 97.1 Å². The number of hydrogen-bond acceptors (Lipinski definition) is 24. The second-order valence-electron chi connectivity index (χ2n) is 31.5. The molecule has 6 saturated heterocycles. The molecule has 2 aromatic carbocycles. The van der Waals surface area contributed by atoms with Gasteiger partial charge in [-0.2, -0.15) is 0 Å². The molecule has 0 aromatic heterocycles. The number of alkyl carbamates (subject to hydrolysis) is 2. The normalized spacial score (nSPS) is 39.5. The maximum absolute atomic E-state index is 17.3. The zero-order valence-corrected chi connectivity index (χ0v) is 66.2. The highest BCUT2D eigenvalue weighted by Crippen LogP contribution is 2.46. The fraction of sp³-hybridized carbons (Fsp3) is 0.675. The Labute approximate surface area is 633 Å². The van der Waals surface area contributed by atoms with E-state index in [1.54, 1.807) is 74.5 Å². The Morgan fingerprint density at radius 3 is 1.15 bits per heavy atom. The third kappa shape index (κ3) is 19.3. The zero-order chi connectivity index (χ0) is 80.7. The summed E-state index contributed by atoms with van der Waals surface area (Å²) in [5.74, 6) is -13.5. The number of cyclic esters (lactones) is 2. The van der Waals surface area contributed by atoms with E-state index in [2.05, 4.69) is 23.8 Å². The third-order valence-corrected chi connectivity index (χ3v) is 22.4. The summed E-state index contributed by atoms with van der Waals surface area (Å²) in [4.78, 5) is 141. The number of carbonyl (C=O) groups excluding carboxylic acids is 10. The van der Waals surface area contributed by atoms with E-state index in [0.29, 0.717) is 24.0 Å². The number of hydrogen-bond donors (Lipinski definition) is 2. The van der Waals surface area contributed by atoms with Gasteiger partial charge in [0.05, 0.1) is 84.1 Å². The van der Waals surface area contributed by atoms with Crippen LogP contribution in [0.5, 0.6) is 0 Å². The number of ether oxygens (including phenoxy) is 12. The molecule has 8 rings (SSSR count). The van der Waals surface area contributed by atoms with Crippen LogP contribution in [0.15, 0.2) is 86.0 Å². The molecular weight excluding hydrogens is 1410 g/mol. The summed E-state index contributed by atoms with van der Waals surface area (Å²) in [6, 6.07) is 13.8. The molecule has 108 heavy (non-hydrogen) atoms. The van der Waals surface area contributed by atoms with Crippen molar-refractivity contribution in [3.63, 3.8) is 0 Å². The second-order valence-corrected chi connectivity index (χ2v) is 31.5. The molecule has 6 heterocycles. The van der Waals surface area contributed by atoms with Gasteiger partial charge >= 0.3 is 36.1 Å². The maximum Gasteiger partial charge on any atom is 0.408 e. The molecule has 28 heteroatoms. The van der Waals surface area contributed by atoms with Gasteiger partial charge in [0.15, 0.2) is 70.5 Å². The minimum absolute atomic E-state index is 0.133. The average Bonchev–Trinajstić information content (AvgIpc) is 1.62. The van der Waals surface area contributed by atoms with Crippen molar-refractivity contribution in [1.82, 2.24) is 20.4 Å². The standard InChI is InChI=1S/2C40H57FN2O11/c2*1-12-19-49-39(8)21-38(7,41)32(45)25(6)31-40(9,54-37(48)42-31)28(13-2)51-34(46)24(5)29(44)23(4)33(39)53-36-30(27(43(10)11)20-22(3)50-36)52-35(47)26-17-15-14-16-18-26/h2*12,14-18,22-25,27-28,30-31,33,36H,1,13,19-21H2,2-11H3,(H,42,48)/t22-,23+,24-,25+,27+,28-,30-,31-,33-,36+,38+,39-,40-;22-,23+,24-,25-,27+,28-,30-,31-,33-,36+,38+,39-,40-/m11/s1. The number of benzene rings is 2. The molecule has 0 unspecified atom stereocenters. The predicted molar refractivity (Wildman–Crippen MR) is 390 cm³/mol. The van der Waals surface area contributed by atoms with Crippen LogP contribution >= 0.6 is 0 Å². The topological polar surface area (TPSA) is 312 Å². The summed E-state index contributed by atoms with van der Waals surface area (Å²) in [5, 5.41) is 5.26. The summed E-state index contributed by atoms with van der Waals surface area (Å²) in [6.45, 7) is 31.4. The third-order valence-electron chi connectivity index (χ3n) is 22.4. The lowest BCUT2D eigenvalue weighted by Gasteiger charge is -2.48. The van der Waals surface area contributed by atoms with Crippen LogP contribution in [0.25, 0.3) is 0 Å². The van der Waals surface area contributed by atoms with E-state index in [1.165, 1.54) is 81.4 Å². The highest BCUT2D eigenvalue weighted by Gasteiger charge is 2.63. The first-order valence-electron chi connectivity index (χ1n) is 37.3. The molecule has 2 aromatic rings. The van der Waals surface area contributed by atoms with E-state index in [9.17, 15) is 47.9 Å². The summed E-state index contributed by atoms with van der Waals surface area (Å²) in [7, 11) is 7.31. The Morgan fingerprint density at radius 2 is 0.852 bits per heavy atom. The second kappa shape index (κ2) is 35.7. The van der Waals surface area contributed by atoms with Gasteiger partial charge in [0, 0.05) is 36.5 Å². The smallest absolute Gasteiger partial charge is 0.408 e. The number of fused-ring (bicyclic) bond motifs is 2. The summed E-state index contributed by atoms with van der Waals surface area (Å²) in [6.07, 6.45) is -9.33. The molecule has 0 radical (unpaired) electrons. The van der Waals surface area contributed by atoms with Crippen molar-refractivity contribution >= 4 is 59.2 Å². The number of carbonyl (C=O) groups is 10. The van der Waals surface area contributed by atoms with E-state index in [4.69, 9.17) is 56.8 Å². The number of amides is 2. The minimum atomic E-state index is -2.63. The molecule has 0 aliphatic carbocycles. The van der Waals surface area contributed by atoms with Gasteiger partial charge in [-0.05, 0) is 147 Å². The molecule has 6 aliphatic rings. The number of Topliss-reactive ketones (excluding diaryl/α,β-unsaturated/α-hetero) is 4. The molecule has 26 nitrogen and oxygen atoms in total. The molecule has 6 aliphatic heterocycles. The van der Waals surface area contributed by atoms with E-state index < -0.39 is 227 Å². The number of alkyl halides is 2. The Hall–Kier alpha value is -7.44. The average molecular weight is 1520 g/mol. The first kappa shape index (κ1) is 87.8. The van der Waals surface area contributed by atoms with Gasteiger partial charge in [0.1, 0.15) is 24.0 Å². The van der Waals surface area contributed by atoms with E-state index >= 15 is 8.78 Å². The first-order valence-corrected chi connectivity index (χ1v) is 37.3. The quantitative estimate of drug-likeness (QED) is 0.0606. The lowest BCUT2D eigenvalue weighted by Crippen LogP contribution is -2.62. The molecule has 2 N–H and O–H groups in total. The van der Waals surface area contributed by atoms with Crippen LogP contribution in [-0.4, -0.2) is 230 Å². The van der Waals surface area contributed by atoms with Gasteiger partial charge in [-0.3, -0.25) is 28.8 Å². The van der Waals surface area contributed by atoms with Crippen LogP contribution in [0.1, 0.15) is 170 Å². The van der Waals surface area contributed by atoms with E-state index in [0.717, 1.165) is 13.8 Å². The molecule has 0 bridgehead atoms.